The first-order valence-electron chi connectivity index (χ1n) is 12.7. The van der Waals surface area contributed by atoms with Crippen LogP contribution in [0.15, 0.2) is 54.7 Å². The smallest absolute Gasteiger partial charge is 0.337 e. The summed E-state index contributed by atoms with van der Waals surface area (Å²) in [7, 11) is 3.29. The number of methoxy groups -OCH3 is 1. The highest BCUT2D eigenvalue weighted by atomic mass is 35.5. The summed E-state index contributed by atoms with van der Waals surface area (Å²) in [5, 5.41) is 10.1. The van der Waals surface area contributed by atoms with E-state index < -0.39 is 0 Å². The van der Waals surface area contributed by atoms with Gasteiger partial charge in [-0.3, -0.25) is 4.98 Å². The molecule has 0 bridgehead atoms. The number of benzene rings is 2. The Morgan fingerprint density at radius 1 is 1.11 bits per heavy atom. The second-order valence-electron chi connectivity index (χ2n) is 9.78. The van der Waals surface area contributed by atoms with E-state index in [1.807, 2.05) is 44.4 Å². The van der Waals surface area contributed by atoms with Crippen LogP contribution < -0.4 is 0 Å². The van der Waals surface area contributed by atoms with Crippen LogP contribution >= 0.6 is 11.6 Å². The zero-order chi connectivity index (χ0) is 26.4. The Hall–Kier alpha value is -3.75. The molecule has 9 heteroatoms. The number of aromatic nitrogens is 5. The fourth-order valence-corrected chi connectivity index (χ4v) is 5.88. The number of pyridine rings is 1. The third-order valence-corrected chi connectivity index (χ3v) is 7.78. The number of aryl methyl sites for hydroxylation is 2. The summed E-state index contributed by atoms with van der Waals surface area (Å²) >= 11 is 6.29. The Morgan fingerprint density at radius 3 is 2.55 bits per heavy atom. The van der Waals surface area contributed by atoms with Crippen LogP contribution in [0, 0.1) is 12.8 Å². The minimum atomic E-state index is -0.372. The van der Waals surface area contributed by atoms with E-state index >= 15 is 0 Å². The van der Waals surface area contributed by atoms with Crippen LogP contribution in [0.4, 0.5) is 0 Å². The molecule has 1 saturated heterocycles. The molecule has 1 unspecified atom stereocenters. The van der Waals surface area contributed by atoms with Crippen LogP contribution in [0.5, 0.6) is 0 Å². The molecule has 0 saturated carbocycles. The number of hydrogen-bond donors (Lipinski definition) is 0. The number of carbonyl (C=O) groups is 1. The molecule has 0 radical (unpaired) electrons. The maximum Gasteiger partial charge on any atom is 0.337 e. The molecule has 1 aliphatic rings. The van der Waals surface area contributed by atoms with Gasteiger partial charge in [-0.15, -0.1) is 5.10 Å². The number of rotatable bonds is 5. The van der Waals surface area contributed by atoms with Crippen LogP contribution in [-0.4, -0.2) is 50.8 Å². The van der Waals surface area contributed by atoms with Crippen molar-refractivity contribution in [3.8, 4) is 11.3 Å². The van der Waals surface area contributed by atoms with E-state index in [4.69, 9.17) is 26.1 Å². The molecule has 2 aromatic carbocycles. The highest BCUT2D eigenvalue weighted by Gasteiger charge is 2.31. The van der Waals surface area contributed by atoms with E-state index in [1.54, 1.807) is 10.7 Å². The van der Waals surface area contributed by atoms with Gasteiger partial charge in [-0.1, -0.05) is 28.9 Å². The summed E-state index contributed by atoms with van der Waals surface area (Å²) in [6.07, 6.45) is 3.71. The molecule has 1 fully saturated rings. The molecule has 4 heterocycles. The first-order valence-corrected chi connectivity index (χ1v) is 13.1. The molecule has 194 valence electrons. The van der Waals surface area contributed by atoms with Gasteiger partial charge in [0.1, 0.15) is 0 Å². The Balaban J connectivity index is 1.68. The van der Waals surface area contributed by atoms with Gasteiger partial charge < -0.3 is 14.0 Å². The number of hydrogen-bond acceptors (Lipinski definition) is 6. The zero-order valence-corrected chi connectivity index (χ0v) is 22.3. The van der Waals surface area contributed by atoms with Gasteiger partial charge in [0.05, 0.1) is 46.7 Å². The Kier molecular flexibility index (Phi) is 6.37. The Bertz CT molecular complexity index is 1630. The predicted molar refractivity (Wildman–Crippen MR) is 146 cm³/mol. The topological polar surface area (TPSA) is 84.1 Å². The van der Waals surface area contributed by atoms with E-state index in [0.29, 0.717) is 29.7 Å². The fraction of sp³-hybridized carbons (Fsp3) is 0.310. The van der Waals surface area contributed by atoms with Crippen molar-refractivity contribution in [3.05, 3.63) is 76.6 Å². The highest BCUT2D eigenvalue weighted by molar-refractivity contribution is 6.30. The molecular formula is C29H28ClN5O3. The van der Waals surface area contributed by atoms with E-state index in [0.717, 1.165) is 57.3 Å². The molecule has 8 nitrogen and oxygen atoms in total. The third-order valence-electron chi connectivity index (χ3n) is 7.53. The number of ether oxygens (including phenoxy) is 2. The highest BCUT2D eigenvalue weighted by Crippen LogP contribution is 2.41. The molecule has 0 N–H and O–H groups in total. The first kappa shape index (κ1) is 24.6. The summed E-state index contributed by atoms with van der Waals surface area (Å²) < 4.78 is 14.9. The number of nitrogens with zero attached hydrogens (tertiary/aromatic N) is 5. The lowest BCUT2D eigenvalue weighted by Gasteiger charge is -2.33. The van der Waals surface area contributed by atoms with Gasteiger partial charge in [0, 0.05) is 42.4 Å². The number of halogens is 1. The molecule has 1 atom stereocenters. The van der Waals surface area contributed by atoms with E-state index in [2.05, 4.69) is 33.1 Å². The molecule has 3 aromatic heterocycles. The Labute approximate surface area is 225 Å². The zero-order valence-electron chi connectivity index (χ0n) is 21.5. The molecule has 0 amide bonds. The lowest BCUT2D eigenvalue weighted by Crippen LogP contribution is -2.27. The lowest BCUT2D eigenvalue weighted by atomic mass is 9.86. The predicted octanol–water partition coefficient (Wildman–Crippen LogP) is 5.75. The maximum atomic E-state index is 12.6. The van der Waals surface area contributed by atoms with Gasteiger partial charge in [-0.25, -0.2) is 9.48 Å². The standard InChI is InChI=1S/C29H28ClN5O3/c1-17-27(34(2)33-32-17)21-15-25-26(31-16-21)23-9-6-20(29(36)37-3)14-24(23)35(25)28(19-10-12-38-13-11-19)18-4-7-22(30)8-5-18/h4-9,14-16,19,28H,10-13H2,1-3H3. The number of carbonyl (C=O) groups excluding carboxylic acids is 1. The normalized spacial score (nSPS) is 15.3. The van der Waals surface area contributed by atoms with Crippen LogP contribution in [0.2, 0.25) is 5.02 Å². The fourth-order valence-electron chi connectivity index (χ4n) is 5.76. The van der Waals surface area contributed by atoms with Crippen molar-refractivity contribution in [2.45, 2.75) is 25.8 Å². The average Bonchev–Trinajstić information content (AvgIpc) is 3.45. The van der Waals surface area contributed by atoms with Gasteiger partial charge in [0.25, 0.3) is 0 Å². The monoisotopic (exact) mass is 529 g/mol. The molecule has 38 heavy (non-hydrogen) atoms. The van der Waals surface area contributed by atoms with Crippen LogP contribution in [0.3, 0.4) is 0 Å². The van der Waals surface area contributed by atoms with Crippen LogP contribution in [-0.2, 0) is 16.5 Å². The number of esters is 1. The first-order chi connectivity index (χ1) is 18.5. The summed E-state index contributed by atoms with van der Waals surface area (Å²) in [5.74, 6) is -0.0580. The second-order valence-corrected chi connectivity index (χ2v) is 10.2. The summed E-state index contributed by atoms with van der Waals surface area (Å²) in [4.78, 5) is 17.5. The van der Waals surface area contributed by atoms with Gasteiger partial charge in [0.15, 0.2) is 0 Å². The molecule has 6 rings (SSSR count). The quantitative estimate of drug-likeness (QED) is 0.270. The summed E-state index contributed by atoms with van der Waals surface area (Å²) in [5.41, 5.74) is 7.11. The van der Waals surface area contributed by atoms with E-state index in [1.165, 1.54) is 7.11 Å². The van der Waals surface area contributed by atoms with Crippen molar-refractivity contribution < 1.29 is 14.3 Å². The average molecular weight is 530 g/mol. The van der Waals surface area contributed by atoms with Gasteiger partial charge in [0.2, 0.25) is 0 Å². The van der Waals surface area contributed by atoms with Gasteiger partial charge in [-0.2, -0.15) is 0 Å². The Morgan fingerprint density at radius 2 is 1.87 bits per heavy atom. The van der Waals surface area contributed by atoms with E-state index in [9.17, 15) is 4.79 Å². The van der Waals surface area contributed by atoms with Crippen molar-refractivity contribution in [3.63, 3.8) is 0 Å². The largest absolute Gasteiger partial charge is 0.465 e. The minimum Gasteiger partial charge on any atom is -0.465 e. The van der Waals surface area contributed by atoms with Crippen molar-refractivity contribution in [1.29, 1.82) is 0 Å². The van der Waals surface area contributed by atoms with Gasteiger partial charge >= 0.3 is 5.97 Å². The maximum absolute atomic E-state index is 12.6. The number of fused-ring (bicyclic) bond motifs is 3. The summed E-state index contributed by atoms with van der Waals surface area (Å²) in [6.45, 7) is 3.37. The molecule has 5 aromatic rings. The molecule has 0 aliphatic carbocycles. The molecule has 0 spiro atoms. The van der Waals surface area contributed by atoms with Crippen molar-refractivity contribution in [1.82, 2.24) is 24.5 Å². The summed E-state index contributed by atoms with van der Waals surface area (Å²) in [6, 6.07) is 15.9. The van der Waals surface area contributed by atoms with Crippen molar-refractivity contribution >= 4 is 39.5 Å². The van der Waals surface area contributed by atoms with E-state index in [-0.39, 0.29) is 12.0 Å². The second kappa shape index (κ2) is 9.85. The van der Waals surface area contributed by atoms with Gasteiger partial charge in [-0.05, 0) is 67.6 Å². The molecule has 1 aliphatic heterocycles. The SMILES string of the molecule is COC(=O)c1ccc2c3ncc(-c4c(C)nnn4C)cc3n(C(c3ccc(Cl)cc3)C3CCOCC3)c2c1. The van der Waals surface area contributed by atoms with Crippen LogP contribution in [0.25, 0.3) is 33.2 Å². The molecular weight excluding hydrogens is 502 g/mol. The van der Waals surface area contributed by atoms with Crippen molar-refractivity contribution in [2.75, 3.05) is 20.3 Å². The third kappa shape index (κ3) is 4.14. The lowest BCUT2D eigenvalue weighted by molar-refractivity contribution is 0.0553. The van der Waals surface area contributed by atoms with Crippen molar-refractivity contribution in [2.24, 2.45) is 13.0 Å². The minimum absolute atomic E-state index is 0.0214. The van der Waals surface area contributed by atoms with Crippen LogP contribution in [0.1, 0.15) is 40.5 Å².